The molecule has 0 aliphatic carbocycles. The Bertz CT molecular complexity index is 964. The molecule has 0 aliphatic rings. The van der Waals surface area contributed by atoms with Crippen LogP contribution >= 0.6 is 0 Å². The summed E-state index contributed by atoms with van der Waals surface area (Å²) in [4.78, 5) is 0. The molecule has 4 heteroatoms. The van der Waals surface area contributed by atoms with Crippen molar-refractivity contribution in [2.24, 2.45) is 0 Å². The van der Waals surface area contributed by atoms with E-state index in [4.69, 9.17) is 5.73 Å². The second-order valence-electron chi connectivity index (χ2n) is 5.22. The summed E-state index contributed by atoms with van der Waals surface area (Å²) in [6.45, 7) is 2.02. The Labute approximate surface area is 121 Å². The normalized spacial score (nSPS) is 11.3. The first-order valence-corrected chi connectivity index (χ1v) is 6.83. The minimum atomic E-state index is 0.647. The van der Waals surface area contributed by atoms with E-state index in [2.05, 4.69) is 34.5 Å². The Morgan fingerprint density at radius 2 is 1.81 bits per heavy atom. The monoisotopic (exact) mass is 274 g/mol. The van der Waals surface area contributed by atoms with E-state index in [0.717, 1.165) is 22.3 Å². The maximum atomic E-state index is 6.04. The number of pyridine rings is 1. The number of fused-ring (bicyclic) bond motifs is 2. The van der Waals surface area contributed by atoms with E-state index in [9.17, 15) is 0 Å². The molecule has 2 heterocycles. The van der Waals surface area contributed by atoms with Gasteiger partial charge in [0.15, 0.2) is 11.5 Å². The lowest BCUT2D eigenvalue weighted by atomic mass is 10.0. The topological polar surface area (TPSA) is 56.2 Å². The Morgan fingerprint density at radius 1 is 1.00 bits per heavy atom. The molecule has 0 spiro atoms. The van der Waals surface area contributed by atoms with Crippen LogP contribution in [0.4, 0.5) is 5.69 Å². The fourth-order valence-electron chi connectivity index (χ4n) is 2.77. The largest absolute Gasteiger partial charge is 0.396 e. The third kappa shape index (κ3) is 1.76. The van der Waals surface area contributed by atoms with Crippen LogP contribution in [0, 0.1) is 6.92 Å². The molecule has 0 aliphatic heterocycles. The first kappa shape index (κ1) is 11.9. The molecular weight excluding hydrogens is 260 g/mol. The maximum Gasteiger partial charge on any atom is 0.184 e. The molecule has 0 fully saturated rings. The summed E-state index contributed by atoms with van der Waals surface area (Å²) in [6, 6.07) is 16.4. The predicted octanol–water partition coefficient (Wildman–Crippen LogP) is 3.44. The molecule has 0 bridgehead atoms. The molecule has 0 saturated carbocycles. The lowest BCUT2D eigenvalue weighted by Crippen LogP contribution is -1.96. The van der Waals surface area contributed by atoms with Crippen molar-refractivity contribution in [1.82, 2.24) is 14.6 Å². The van der Waals surface area contributed by atoms with Crippen molar-refractivity contribution in [2.45, 2.75) is 6.92 Å². The van der Waals surface area contributed by atoms with Gasteiger partial charge >= 0.3 is 0 Å². The summed E-state index contributed by atoms with van der Waals surface area (Å²) >= 11 is 0. The first-order valence-electron chi connectivity index (χ1n) is 6.83. The van der Waals surface area contributed by atoms with E-state index in [1.807, 2.05) is 41.8 Å². The van der Waals surface area contributed by atoms with Crippen molar-refractivity contribution >= 4 is 22.1 Å². The highest BCUT2D eigenvalue weighted by molar-refractivity contribution is 5.95. The number of hydrogen-bond donors (Lipinski definition) is 1. The third-order valence-corrected chi connectivity index (χ3v) is 3.70. The van der Waals surface area contributed by atoms with Crippen LogP contribution in [0.1, 0.15) is 5.56 Å². The molecule has 4 nitrogen and oxygen atoms in total. The Morgan fingerprint density at radius 3 is 2.71 bits per heavy atom. The van der Waals surface area contributed by atoms with Gasteiger partial charge < -0.3 is 5.73 Å². The van der Waals surface area contributed by atoms with Gasteiger partial charge in [-0.2, -0.15) is 0 Å². The number of nitrogen functional groups attached to an aromatic ring is 1. The zero-order chi connectivity index (χ0) is 14.4. The molecule has 0 unspecified atom stereocenters. The van der Waals surface area contributed by atoms with E-state index in [0.29, 0.717) is 11.3 Å². The van der Waals surface area contributed by atoms with Crippen molar-refractivity contribution in [1.29, 1.82) is 0 Å². The van der Waals surface area contributed by atoms with Gasteiger partial charge in [0.05, 0.1) is 5.69 Å². The van der Waals surface area contributed by atoms with Crippen molar-refractivity contribution in [3.05, 3.63) is 60.3 Å². The van der Waals surface area contributed by atoms with Gasteiger partial charge in [0.25, 0.3) is 0 Å². The Kier molecular flexibility index (Phi) is 2.44. The summed E-state index contributed by atoms with van der Waals surface area (Å²) in [6.07, 6.45) is 2.02. The number of nitrogens with two attached hydrogens (primary N) is 1. The molecule has 0 saturated heterocycles. The summed E-state index contributed by atoms with van der Waals surface area (Å²) in [5.74, 6) is 0.817. The van der Waals surface area contributed by atoms with E-state index >= 15 is 0 Å². The zero-order valence-corrected chi connectivity index (χ0v) is 11.6. The molecule has 4 rings (SSSR count). The summed E-state index contributed by atoms with van der Waals surface area (Å²) < 4.78 is 1.96. The highest BCUT2D eigenvalue weighted by Crippen LogP contribution is 2.28. The second-order valence-corrected chi connectivity index (χ2v) is 5.22. The SMILES string of the molecule is Cc1cc(N)c2nnc(-c3cccc4ccccc34)n2c1. The van der Waals surface area contributed by atoms with Crippen LogP contribution in [0.5, 0.6) is 0 Å². The molecule has 2 aromatic carbocycles. The number of aryl methyl sites for hydroxylation is 1. The van der Waals surface area contributed by atoms with Gasteiger partial charge in [-0.3, -0.25) is 4.40 Å². The average Bonchev–Trinajstić information content (AvgIpc) is 2.90. The number of benzene rings is 2. The smallest absolute Gasteiger partial charge is 0.184 e. The second kappa shape index (κ2) is 4.31. The van der Waals surface area contributed by atoms with Crippen LogP contribution in [-0.4, -0.2) is 14.6 Å². The van der Waals surface area contributed by atoms with Crippen molar-refractivity contribution in [3.63, 3.8) is 0 Å². The number of anilines is 1. The molecule has 0 radical (unpaired) electrons. The number of nitrogens with zero attached hydrogens (tertiary/aromatic N) is 3. The molecular formula is C17H14N4. The fraction of sp³-hybridized carbons (Fsp3) is 0.0588. The number of aromatic nitrogens is 3. The third-order valence-electron chi connectivity index (χ3n) is 3.70. The van der Waals surface area contributed by atoms with Gasteiger partial charge in [-0.25, -0.2) is 0 Å². The molecule has 0 amide bonds. The summed E-state index contributed by atoms with van der Waals surface area (Å²) in [7, 11) is 0. The maximum absolute atomic E-state index is 6.04. The van der Waals surface area contributed by atoms with Gasteiger partial charge in [0.1, 0.15) is 0 Å². The van der Waals surface area contributed by atoms with Crippen LogP contribution in [0.2, 0.25) is 0 Å². The molecule has 4 aromatic rings. The van der Waals surface area contributed by atoms with Gasteiger partial charge in [-0.1, -0.05) is 42.5 Å². The van der Waals surface area contributed by atoms with Crippen LogP contribution in [0.25, 0.3) is 27.8 Å². The minimum Gasteiger partial charge on any atom is -0.396 e. The lowest BCUT2D eigenvalue weighted by Gasteiger charge is -2.06. The van der Waals surface area contributed by atoms with Gasteiger partial charge in [0.2, 0.25) is 0 Å². The molecule has 0 atom stereocenters. The van der Waals surface area contributed by atoms with E-state index in [1.165, 1.54) is 5.39 Å². The standard InChI is InChI=1S/C17H14N4/c1-11-9-15(18)17-20-19-16(21(17)10-11)14-8-4-6-12-5-2-3-7-13(12)14/h2-10H,18H2,1H3. The van der Waals surface area contributed by atoms with Crippen LogP contribution in [0.3, 0.4) is 0 Å². The van der Waals surface area contributed by atoms with Gasteiger partial charge in [-0.05, 0) is 29.3 Å². The molecule has 2 aromatic heterocycles. The highest BCUT2D eigenvalue weighted by Gasteiger charge is 2.12. The fourth-order valence-corrected chi connectivity index (χ4v) is 2.77. The molecule has 102 valence electrons. The molecule has 21 heavy (non-hydrogen) atoms. The highest BCUT2D eigenvalue weighted by atomic mass is 15.3. The molecule has 2 N–H and O–H groups in total. The predicted molar refractivity (Wildman–Crippen MR) is 85.1 cm³/mol. The average molecular weight is 274 g/mol. The zero-order valence-electron chi connectivity index (χ0n) is 11.6. The van der Waals surface area contributed by atoms with Crippen molar-refractivity contribution < 1.29 is 0 Å². The van der Waals surface area contributed by atoms with Crippen LogP contribution in [0.15, 0.2) is 54.7 Å². The van der Waals surface area contributed by atoms with E-state index < -0.39 is 0 Å². The Balaban J connectivity index is 2.10. The van der Waals surface area contributed by atoms with Crippen LogP contribution in [-0.2, 0) is 0 Å². The summed E-state index contributed by atoms with van der Waals surface area (Å²) in [5.41, 5.74) is 9.53. The Hall–Kier alpha value is -2.88. The number of rotatable bonds is 1. The lowest BCUT2D eigenvalue weighted by molar-refractivity contribution is 1.11. The minimum absolute atomic E-state index is 0.647. The van der Waals surface area contributed by atoms with Gasteiger partial charge in [-0.15, -0.1) is 10.2 Å². The van der Waals surface area contributed by atoms with E-state index in [1.54, 1.807) is 0 Å². The van der Waals surface area contributed by atoms with Gasteiger partial charge in [0, 0.05) is 11.8 Å². The van der Waals surface area contributed by atoms with Crippen LogP contribution < -0.4 is 5.73 Å². The quantitative estimate of drug-likeness (QED) is 0.578. The summed E-state index contributed by atoms with van der Waals surface area (Å²) in [5, 5.41) is 10.9. The number of hydrogen-bond acceptors (Lipinski definition) is 3. The van der Waals surface area contributed by atoms with E-state index in [-0.39, 0.29) is 0 Å². The van der Waals surface area contributed by atoms with Crippen molar-refractivity contribution in [2.75, 3.05) is 5.73 Å². The van der Waals surface area contributed by atoms with Crippen molar-refractivity contribution in [3.8, 4) is 11.4 Å². The first-order chi connectivity index (χ1) is 10.2.